The van der Waals surface area contributed by atoms with Gasteiger partial charge in [-0.3, -0.25) is 0 Å². The Balaban J connectivity index is 4.62. The summed E-state index contributed by atoms with van der Waals surface area (Å²) in [5.74, 6) is 0. The summed E-state index contributed by atoms with van der Waals surface area (Å²) >= 11 is 1.59. The molecule has 0 saturated heterocycles. The second-order valence-corrected chi connectivity index (χ2v) is 3.14. The van der Waals surface area contributed by atoms with Crippen molar-refractivity contribution in [1.29, 1.82) is 0 Å². The van der Waals surface area contributed by atoms with E-state index in [9.17, 15) is 0 Å². The van der Waals surface area contributed by atoms with E-state index in [-0.39, 0.29) is 0 Å². The summed E-state index contributed by atoms with van der Waals surface area (Å²) in [7, 11) is 0. The minimum atomic E-state index is 1.15. The SMILES string of the molecule is C=C/C=C\C(SC=C)=C(\C)C=C. The van der Waals surface area contributed by atoms with Gasteiger partial charge in [-0.25, -0.2) is 0 Å². The molecule has 0 saturated carbocycles. The molecule has 0 aliphatic rings. The van der Waals surface area contributed by atoms with Crippen LogP contribution in [0.3, 0.4) is 0 Å². The van der Waals surface area contributed by atoms with Gasteiger partial charge in [0.05, 0.1) is 0 Å². The summed E-state index contributed by atoms with van der Waals surface area (Å²) in [6.45, 7) is 13.0. The van der Waals surface area contributed by atoms with E-state index in [2.05, 4.69) is 19.7 Å². The third kappa shape index (κ3) is 4.04. The van der Waals surface area contributed by atoms with Crippen LogP contribution >= 0.6 is 11.8 Å². The predicted molar refractivity (Wildman–Crippen MR) is 60.0 cm³/mol. The minimum Gasteiger partial charge on any atom is -0.0991 e. The van der Waals surface area contributed by atoms with Gasteiger partial charge >= 0.3 is 0 Å². The monoisotopic (exact) mass is 178 g/mol. The van der Waals surface area contributed by atoms with Gasteiger partial charge in [-0.15, -0.1) is 0 Å². The van der Waals surface area contributed by atoms with Gasteiger partial charge in [-0.05, 0) is 24.0 Å². The number of thioether (sulfide) groups is 1. The van der Waals surface area contributed by atoms with Crippen molar-refractivity contribution in [2.75, 3.05) is 0 Å². The summed E-state index contributed by atoms with van der Waals surface area (Å²) < 4.78 is 0. The zero-order valence-electron chi connectivity index (χ0n) is 7.42. The van der Waals surface area contributed by atoms with E-state index in [4.69, 9.17) is 0 Å². The molecular formula is C11H14S. The quantitative estimate of drug-likeness (QED) is 0.572. The lowest BCUT2D eigenvalue weighted by Gasteiger charge is -1.99. The lowest BCUT2D eigenvalue weighted by molar-refractivity contribution is 1.52. The summed E-state index contributed by atoms with van der Waals surface area (Å²) in [6, 6.07) is 0. The van der Waals surface area contributed by atoms with Gasteiger partial charge < -0.3 is 0 Å². The second kappa shape index (κ2) is 6.74. The van der Waals surface area contributed by atoms with Crippen molar-refractivity contribution in [3.05, 3.63) is 59.9 Å². The molecule has 0 aromatic heterocycles. The second-order valence-electron chi connectivity index (χ2n) is 2.13. The third-order valence-corrected chi connectivity index (χ3v) is 2.17. The number of hydrogen-bond acceptors (Lipinski definition) is 1. The summed E-state index contributed by atoms with van der Waals surface area (Å²) in [5.41, 5.74) is 1.15. The van der Waals surface area contributed by atoms with Gasteiger partial charge in [0.15, 0.2) is 0 Å². The Labute approximate surface area is 79.1 Å². The van der Waals surface area contributed by atoms with Crippen molar-refractivity contribution in [3.8, 4) is 0 Å². The highest BCUT2D eigenvalue weighted by atomic mass is 32.2. The highest BCUT2D eigenvalue weighted by Gasteiger charge is 1.92. The zero-order chi connectivity index (χ0) is 9.40. The smallest absolute Gasteiger partial charge is 0.0145 e. The molecule has 0 nitrogen and oxygen atoms in total. The molecule has 0 atom stereocenters. The van der Waals surface area contributed by atoms with Gasteiger partial charge in [0.1, 0.15) is 0 Å². The average Bonchev–Trinajstić information content (AvgIpc) is 2.11. The Morgan fingerprint density at radius 2 is 1.92 bits per heavy atom. The average molecular weight is 178 g/mol. The first-order valence-corrected chi connectivity index (χ1v) is 4.54. The predicted octanol–water partition coefficient (Wildman–Crippen LogP) is 4.07. The summed E-state index contributed by atoms with van der Waals surface area (Å²) in [6.07, 6.45) is 7.48. The van der Waals surface area contributed by atoms with Crippen molar-refractivity contribution in [3.63, 3.8) is 0 Å². The van der Waals surface area contributed by atoms with Crippen molar-refractivity contribution >= 4 is 11.8 Å². The molecule has 0 fully saturated rings. The van der Waals surface area contributed by atoms with E-state index in [0.717, 1.165) is 10.5 Å². The van der Waals surface area contributed by atoms with Gasteiger partial charge in [-0.2, -0.15) is 0 Å². The molecule has 0 N–H and O–H groups in total. The highest BCUT2D eigenvalue weighted by molar-refractivity contribution is 8.06. The Morgan fingerprint density at radius 3 is 2.33 bits per heavy atom. The maximum absolute atomic E-state index is 3.71. The lowest BCUT2D eigenvalue weighted by atomic mass is 10.2. The summed E-state index contributed by atoms with van der Waals surface area (Å²) in [5, 5.41) is 1.80. The molecule has 0 bridgehead atoms. The van der Waals surface area contributed by atoms with Crippen LogP contribution in [0.2, 0.25) is 0 Å². The van der Waals surface area contributed by atoms with Gasteiger partial charge in [-0.1, -0.05) is 49.7 Å². The van der Waals surface area contributed by atoms with Crippen molar-refractivity contribution in [2.45, 2.75) is 6.92 Å². The molecule has 12 heavy (non-hydrogen) atoms. The largest absolute Gasteiger partial charge is 0.0991 e. The van der Waals surface area contributed by atoms with Gasteiger partial charge in [0.2, 0.25) is 0 Å². The van der Waals surface area contributed by atoms with Crippen molar-refractivity contribution < 1.29 is 0 Å². The Bertz CT molecular complexity index is 231. The van der Waals surface area contributed by atoms with Crippen molar-refractivity contribution in [1.82, 2.24) is 0 Å². The van der Waals surface area contributed by atoms with Crippen LogP contribution < -0.4 is 0 Å². The molecule has 0 amide bonds. The fourth-order valence-corrected chi connectivity index (χ4v) is 1.22. The van der Waals surface area contributed by atoms with Crippen LogP contribution in [0.4, 0.5) is 0 Å². The van der Waals surface area contributed by atoms with Crippen LogP contribution in [0.5, 0.6) is 0 Å². The molecule has 0 unspecified atom stereocenters. The van der Waals surface area contributed by atoms with Gasteiger partial charge in [0, 0.05) is 4.91 Å². The molecule has 0 aromatic carbocycles. The maximum atomic E-state index is 3.71. The van der Waals surface area contributed by atoms with Gasteiger partial charge in [0.25, 0.3) is 0 Å². The first kappa shape index (κ1) is 11.1. The van der Waals surface area contributed by atoms with Crippen LogP contribution in [0.1, 0.15) is 6.92 Å². The summed E-state index contributed by atoms with van der Waals surface area (Å²) in [4.78, 5) is 1.15. The van der Waals surface area contributed by atoms with E-state index < -0.39 is 0 Å². The molecule has 0 aliphatic heterocycles. The number of hydrogen-bond donors (Lipinski definition) is 0. The Morgan fingerprint density at radius 1 is 1.25 bits per heavy atom. The molecule has 0 heterocycles. The molecule has 64 valence electrons. The van der Waals surface area contributed by atoms with Crippen LogP contribution in [0.25, 0.3) is 0 Å². The molecule has 0 aromatic rings. The molecule has 1 heteroatoms. The molecule has 0 radical (unpaired) electrons. The zero-order valence-corrected chi connectivity index (χ0v) is 8.23. The van der Waals surface area contributed by atoms with E-state index in [1.165, 1.54) is 0 Å². The number of rotatable bonds is 5. The van der Waals surface area contributed by atoms with Crippen LogP contribution in [0.15, 0.2) is 59.9 Å². The normalized spacial score (nSPS) is 12.4. The standard InChI is InChI=1S/C11H14S/c1-5-8-9-11(12-7-3)10(4)6-2/h5-9H,1-3H2,4H3/b9-8-,11-10+. The maximum Gasteiger partial charge on any atom is 0.0145 e. The Hall–Kier alpha value is -0.950. The molecular weight excluding hydrogens is 164 g/mol. The minimum absolute atomic E-state index is 1.15. The van der Waals surface area contributed by atoms with Crippen LogP contribution in [-0.2, 0) is 0 Å². The lowest BCUT2D eigenvalue weighted by Crippen LogP contribution is -1.74. The van der Waals surface area contributed by atoms with E-state index in [1.54, 1.807) is 23.2 Å². The van der Waals surface area contributed by atoms with E-state index >= 15 is 0 Å². The Kier molecular flexibility index (Phi) is 6.21. The fraction of sp³-hybridized carbons (Fsp3) is 0.0909. The van der Waals surface area contributed by atoms with Crippen LogP contribution in [0, 0.1) is 0 Å². The van der Waals surface area contributed by atoms with Crippen molar-refractivity contribution in [2.24, 2.45) is 0 Å². The topological polar surface area (TPSA) is 0 Å². The fourth-order valence-electron chi connectivity index (χ4n) is 0.609. The first-order chi connectivity index (χ1) is 5.76. The molecule has 0 aliphatic carbocycles. The molecule has 0 spiro atoms. The van der Waals surface area contributed by atoms with E-state index in [1.807, 2.05) is 25.2 Å². The molecule has 0 rings (SSSR count). The third-order valence-electron chi connectivity index (χ3n) is 1.29. The van der Waals surface area contributed by atoms with Crippen LogP contribution in [-0.4, -0.2) is 0 Å². The number of allylic oxidation sites excluding steroid dienone is 5. The van der Waals surface area contributed by atoms with E-state index in [0.29, 0.717) is 0 Å². The highest BCUT2D eigenvalue weighted by Crippen LogP contribution is 2.22. The first-order valence-electron chi connectivity index (χ1n) is 3.66.